The number of hydrogen-bond acceptors (Lipinski definition) is 5. The van der Waals surface area contributed by atoms with Gasteiger partial charge in [0.05, 0.1) is 0 Å². The predicted octanol–water partition coefficient (Wildman–Crippen LogP) is 3.30. The Morgan fingerprint density at radius 2 is 1.93 bits per heavy atom. The van der Waals surface area contributed by atoms with Gasteiger partial charge >= 0.3 is 0 Å². The number of methoxy groups -OCH3 is 1. The average molecular weight is 400 g/mol. The van der Waals surface area contributed by atoms with Gasteiger partial charge in [0.1, 0.15) is 17.9 Å². The third kappa shape index (κ3) is 6.73. The number of pyridine rings is 1. The molecule has 2 rings (SSSR count). The third-order valence-electron chi connectivity index (χ3n) is 3.99. The zero-order valence-electron chi connectivity index (χ0n) is 17.5. The van der Waals surface area contributed by atoms with Crippen LogP contribution < -0.4 is 10.9 Å². The molecule has 2 N–H and O–H groups in total. The lowest BCUT2D eigenvalue weighted by molar-refractivity contribution is -0.119. The van der Waals surface area contributed by atoms with Gasteiger partial charge in [-0.25, -0.2) is 0 Å². The smallest absolute Gasteiger partial charge is 0.265 e. The fourth-order valence-electron chi connectivity index (χ4n) is 2.52. The summed E-state index contributed by atoms with van der Waals surface area (Å²) in [5.74, 6) is -1.04. The molecule has 29 heavy (non-hydrogen) atoms. The van der Waals surface area contributed by atoms with E-state index in [-0.39, 0.29) is 30.2 Å². The molecule has 7 nitrogen and oxygen atoms in total. The van der Waals surface area contributed by atoms with Crippen molar-refractivity contribution in [2.75, 3.05) is 19.0 Å². The molecule has 0 atom stereocenters. The molecule has 0 aliphatic heterocycles. The van der Waals surface area contributed by atoms with Gasteiger partial charge in [-0.05, 0) is 24.6 Å². The normalized spacial score (nSPS) is 10.4. The van der Waals surface area contributed by atoms with E-state index in [1.165, 1.54) is 17.7 Å². The van der Waals surface area contributed by atoms with Crippen LogP contribution in [0.15, 0.2) is 41.2 Å². The van der Waals surface area contributed by atoms with Crippen LogP contribution >= 0.6 is 0 Å². The molecule has 0 spiro atoms. The maximum Gasteiger partial charge on any atom is 0.265 e. The molecule has 0 aliphatic carbocycles. The minimum atomic E-state index is -0.520. The van der Waals surface area contributed by atoms with Crippen LogP contribution in [0.5, 0.6) is 5.75 Å². The lowest BCUT2D eigenvalue weighted by Gasteiger charge is -2.08. The number of carbonyl (C=O) groups excluding carboxylic acids is 2. The summed E-state index contributed by atoms with van der Waals surface area (Å²) in [6.07, 6.45) is 3.28. The van der Waals surface area contributed by atoms with E-state index in [1.54, 1.807) is 44.3 Å². The van der Waals surface area contributed by atoms with Gasteiger partial charge in [0, 0.05) is 38.0 Å². The van der Waals surface area contributed by atoms with Gasteiger partial charge in [-0.3, -0.25) is 14.4 Å². The standard InChI is InChI=1S/C20H22N2O5.C2H6/c1-13-10-17(24)19(20(26)22(13)2)16(23)9-5-7-14-6-4-8-15(11-14)21-18(25)12-27-3;1-2/h4-8,10-11,24H,9,12H2,1-3H3,(H,21,25);1-2H3/b7-5+;. The number of aryl methyl sites for hydroxylation is 1. The van der Waals surface area contributed by atoms with Gasteiger partial charge in [0.25, 0.3) is 5.56 Å². The van der Waals surface area contributed by atoms with E-state index >= 15 is 0 Å². The van der Waals surface area contributed by atoms with Crippen molar-refractivity contribution in [1.82, 2.24) is 4.57 Å². The van der Waals surface area contributed by atoms with Crippen molar-refractivity contribution in [3.8, 4) is 5.75 Å². The molecular formula is C22H28N2O5. The average Bonchev–Trinajstić information content (AvgIpc) is 2.68. The van der Waals surface area contributed by atoms with E-state index < -0.39 is 11.3 Å². The second-order valence-corrected chi connectivity index (χ2v) is 6.05. The highest BCUT2D eigenvalue weighted by molar-refractivity contribution is 5.99. The number of aromatic hydroxyl groups is 1. The predicted molar refractivity (Wildman–Crippen MR) is 114 cm³/mol. The largest absolute Gasteiger partial charge is 0.507 e. The minimum Gasteiger partial charge on any atom is -0.507 e. The number of benzene rings is 1. The number of allylic oxidation sites excluding steroid dienone is 1. The quantitative estimate of drug-likeness (QED) is 0.695. The molecule has 156 valence electrons. The Morgan fingerprint density at radius 1 is 1.24 bits per heavy atom. The minimum absolute atomic E-state index is 0.0356. The summed E-state index contributed by atoms with van der Waals surface area (Å²) in [6, 6.07) is 8.46. The van der Waals surface area contributed by atoms with Crippen LogP contribution in [0, 0.1) is 6.92 Å². The lowest BCUT2D eigenvalue weighted by atomic mass is 10.1. The molecule has 0 aliphatic rings. The number of ketones is 1. The Bertz CT molecular complexity index is 945. The van der Waals surface area contributed by atoms with Gasteiger partial charge in [0.15, 0.2) is 5.78 Å². The highest BCUT2D eigenvalue weighted by Crippen LogP contribution is 2.17. The number of amides is 1. The van der Waals surface area contributed by atoms with Crippen molar-refractivity contribution in [1.29, 1.82) is 0 Å². The third-order valence-corrected chi connectivity index (χ3v) is 3.99. The highest BCUT2D eigenvalue weighted by Gasteiger charge is 2.17. The molecule has 0 radical (unpaired) electrons. The van der Waals surface area contributed by atoms with Gasteiger partial charge in [-0.1, -0.05) is 38.1 Å². The van der Waals surface area contributed by atoms with E-state index in [0.717, 1.165) is 5.56 Å². The van der Waals surface area contributed by atoms with E-state index in [0.29, 0.717) is 11.4 Å². The van der Waals surface area contributed by atoms with Crippen LogP contribution in [0.1, 0.15) is 41.9 Å². The number of Topliss-reactive ketones (excluding diaryl/α,β-unsaturated/α-hetero) is 1. The van der Waals surface area contributed by atoms with Crippen LogP contribution in [-0.4, -0.2) is 35.1 Å². The number of anilines is 1. The number of nitrogens with zero attached hydrogens (tertiary/aromatic N) is 1. The molecule has 1 aromatic heterocycles. The van der Waals surface area contributed by atoms with Gasteiger partial charge < -0.3 is 19.7 Å². The topological polar surface area (TPSA) is 97.6 Å². The highest BCUT2D eigenvalue weighted by atomic mass is 16.5. The summed E-state index contributed by atoms with van der Waals surface area (Å²) < 4.78 is 6.09. The van der Waals surface area contributed by atoms with Crippen molar-refractivity contribution >= 4 is 23.5 Å². The summed E-state index contributed by atoms with van der Waals surface area (Å²) >= 11 is 0. The number of rotatable bonds is 7. The SMILES string of the molecule is CC.COCC(=O)Nc1cccc(/C=C/CC(=O)c2c(O)cc(C)n(C)c2=O)c1. The summed E-state index contributed by atoms with van der Waals surface area (Å²) in [5, 5.41) is 12.6. The number of carbonyl (C=O) groups is 2. The second-order valence-electron chi connectivity index (χ2n) is 6.05. The van der Waals surface area contributed by atoms with Gasteiger partial charge in [-0.2, -0.15) is 0 Å². The van der Waals surface area contributed by atoms with Crippen molar-refractivity contribution in [2.24, 2.45) is 7.05 Å². The Labute approximate surface area is 170 Å². The first kappa shape index (κ1) is 23.8. The van der Waals surface area contributed by atoms with E-state index in [9.17, 15) is 19.5 Å². The Balaban J connectivity index is 0.00000204. The van der Waals surface area contributed by atoms with Gasteiger partial charge in [-0.15, -0.1) is 0 Å². The Kier molecular flexibility index (Phi) is 9.55. The summed E-state index contributed by atoms with van der Waals surface area (Å²) in [6.45, 7) is 5.64. The Hall–Kier alpha value is -3.19. The van der Waals surface area contributed by atoms with Crippen LogP contribution in [0.2, 0.25) is 0 Å². The summed E-state index contributed by atoms with van der Waals surface area (Å²) in [5.41, 5.74) is 1.22. The van der Waals surface area contributed by atoms with E-state index in [1.807, 2.05) is 19.9 Å². The number of ether oxygens (including phenoxy) is 1. The zero-order chi connectivity index (χ0) is 22.0. The molecule has 0 saturated heterocycles. The maximum absolute atomic E-state index is 12.3. The van der Waals surface area contributed by atoms with Crippen molar-refractivity contribution in [2.45, 2.75) is 27.2 Å². The second kappa shape index (κ2) is 11.6. The van der Waals surface area contributed by atoms with Crippen LogP contribution in [0.25, 0.3) is 6.08 Å². The molecule has 7 heteroatoms. The lowest BCUT2D eigenvalue weighted by Crippen LogP contribution is -2.25. The molecule has 0 bridgehead atoms. The fraction of sp³-hybridized carbons (Fsp3) is 0.318. The molecule has 0 unspecified atom stereocenters. The molecule has 2 aromatic rings. The van der Waals surface area contributed by atoms with E-state index in [2.05, 4.69) is 5.32 Å². The monoisotopic (exact) mass is 400 g/mol. The number of nitrogens with one attached hydrogen (secondary N) is 1. The number of aromatic nitrogens is 1. The fourth-order valence-corrected chi connectivity index (χ4v) is 2.52. The van der Waals surface area contributed by atoms with Crippen LogP contribution in [-0.2, 0) is 16.6 Å². The van der Waals surface area contributed by atoms with Crippen molar-refractivity contribution in [3.05, 3.63) is 63.6 Å². The van der Waals surface area contributed by atoms with Crippen molar-refractivity contribution < 1.29 is 19.4 Å². The van der Waals surface area contributed by atoms with Crippen LogP contribution in [0.3, 0.4) is 0 Å². The molecule has 1 aromatic carbocycles. The van der Waals surface area contributed by atoms with Crippen molar-refractivity contribution in [3.63, 3.8) is 0 Å². The summed E-state index contributed by atoms with van der Waals surface area (Å²) in [7, 11) is 2.99. The maximum atomic E-state index is 12.3. The molecule has 1 amide bonds. The van der Waals surface area contributed by atoms with Gasteiger partial charge in [0.2, 0.25) is 5.91 Å². The first-order valence-electron chi connectivity index (χ1n) is 9.31. The summed E-state index contributed by atoms with van der Waals surface area (Å²) in [4.78, 5) is 36.1. The first-order valence-corrected chi connectivity index (χ1v) is 9.31. The van der Waals surface area contributed by atoms with E-state index in [4.69, 9.17) is 4.74 Å². The molecule has 1 heterocycles. The van der Waals surface area contributed by atoms with Crippen LogP contribution in [0.4, 0.5) is 5.69 Å². The molecule has 0 fully saturated rings. The molecule has 0 saturated carbocycles. The molecular weight excluding hydrogens is 372 g/mol. The zero-order valence-corrected chi connectivity index (χ0v) is 17.5. The Morgan fingerprint density at radius 3 is 2.59 bits per heavy atom. The first-order chi connectivity index (χ1) is 13.8. The number of hydrogen-bond donors (Lipinski definition) is 2.